The monoisotopic (exact) mass is 447 g/mol. The molecule has 5 heterocycles. The van der Waals surface area contributed by atoms with Gasteiger partial charge in [-0.05, 0) is 49.4 Å². The molecule has 1 fully saturated rings. The van der Waals surface area contributed by atoms with Crippen LogP contribution in [0.2, 0.25) is 0 Å². The van der Waals surface area contributed by atoms with Crippen LogP contribution in [0, 0.1) is 6.92 Å². The number of imidazole rings is 1. The molecule has 0 bridgehead atoms. The number of aromatic nitrogens is 5. The lowest BCUT2D eigenvalue weighted by molar-refractivity contribution is 0.585. The van der Waals surface area contributed by atoms with Gasteiger partial charge in [0.1, 0.15) is 5.82 Å². The first-order valence-corrected chi connectivity index (χ1v) is 11.6. The molecule has 1 aromatic carbocycles. The van der Waals surface area contributed by atoms with Crippen LogP contribution in [0.3, 0.4) is 0 Å². The van der Waals surface area contributed by atoms with Crippen molar-refractivity contribution in [2.24, 2.45) is 0 Å². The van der Waals surface area contributed by atoms with E-state index in [0.29, 0.717) is 0 Å². The predicted molar refractivity (Wildman–Crippen MR) is 136 cm³/mol. The van der Waals surface area contributed by atoms with Crippen LogP contribution in [0.1, 0.15) is 5.69 Å². The van der Waals surface area contributed by atoms with Gasteiger partial charge in [0.2, 0.25) is 0 Å². The second-order valence-electron chi connectivity index (χ2n) is 8.54. The van der Waals surface area contributed by atoms with Gasteiger partial charge in [0.05, 0.1) is 34.6 Å². The Hall–Kier alpha value is -4.10. The highest BCUT2D eigenvalue weighted by Crippen LogP contribution is 2.31. The van der Waals surface area contributed by atoms with E-state index in [1.807, 2.05) is 43.5 Å². The number of pyridine rings is 3. The quantitative estimate of drug-likeness (QED) is 0.423. The minimum absolute atomic E-state index is 0.879. The Balaban J connectivity index is 1.37. The van der Waals surface area contributed by atoms with Gasteiger partial charge >= 0.3 is 0 Å². The SMILES string of the molecule is Cc1cccc(-c2[nH]cnc2-c2ccc3ncc(-c4cccc(N5CCNCC5)n4)cc3c2)n1. The molecule has 0 aliphatic carbocycles. The van der Waals surface area contributed by atoms with E-state index in [1.165, 1.54) is 0 Å². The second kappa shape index (κ2) is 8.68. The lowest BCUT2D eigenvalue weighted by Crippen LogP contribution is -2.43. The summed E-state index contributed by atoms with van der Waals surface area (Å²) in [4.78, 5) is 24.5. The van der Waals surface area contributed by atoms with Crippen molar-refractivity contribution in [2.45, 2.75) is 6.92 Å². The minimum Gasteiger partial charge on any atom is -0.354 e. The molecule has 0 saturated carbocycles. The smallest absolute Gasteiger partial charge is 0.129 e. The van der Waals surface area contributed by atoms with Crippen LogP contribution in [0.5, 0.6) is 0 Å². The molecule has 1 aliphatic rings. The summed E-state index contributed by atoms with van der Waals surface area (Å²) in [6, 6.07) is 20.6. The normalized spacial score (nSPS) is 14.0. The van der Waals surface area contributed by atoms with Crippen molar-refractivity contribution in [1.29, 1.82) is 0 Å². The summed E-state index contributed by atoms with van der Waals surface area (Å²) >= 11 is 0. The molecule has 1 saturated heterocycles. The van der Waals surface area contributed by atoms with Gasteiger partial charge < -0.3 is 15.2 Å². The summed E-state index contributed by atoms with van der Waals surface area (Å²) in [7, 11) is 0. The molecular formula is C27H25N7. The van der Waals surface area contributed by atoms with Gasteiger partial charge in [-0.15, -0.1) is 0 Å². The number of benzene rings is 1. The summed E-state index contributed by atoms with van der Waals surface area (Å²) in [6.45, 7) is 5.90. The number of anilines is 1. The Morgan fingerprint density at radius 3 is 2.53 bits per heavy atom. The first-order chi connectivity index (χ1) is 16.7. The third-order valence-electron chi connectivity index (χ3n) is 6.21. The molecule has 34 heavy (non-hydrogen) atoms. The number of fused-ring (bicyclic) bond motifs is 1. The molecule has 7 heteroatoms. The van der Waals surface area contributed by atoms with Crippen LogP contribution < -0.4 is 10.2 Å². The van der Waals surface area contributed by atoms with Crippen molar-refractivity contribution in [3.8, 4) is 33.9 Å². The number of hydrogen-bond acceptors (Lipinski definition) is 6. The fourth-order valence-corrected chi connectivity index (χ4v) is 4.46. The second-order valence-corrected chi connectivity index (χ2v) is 8.54. The average Bonchev–Trinajstić information content (AvgIpc) is 3.39. The van der Waals surface area contributed by atoms with E-state index in [4.69, 9.17) is 9.97 Å². The lowest BCUT2D eigenvalue weighted by Gasteiger charge is -2.28. The first-order valence-electron chi connectivity index (χ1n) is 11.6. The van der Waals surface area contributed by atoms with Crippen molar-refractivity contribution >= 4 is 16.7 Å². The van der Waals surface area contributed by atoms with E-state index in [1.54, 1.807) is 6.33 Å². The van der Waals surface area contributed by atoms with E-state index in [-0.39, 0.29) is 0 Å². The summed E-state index contributed by atoms with van der Waals surface area (Å²) in [5.74, 6) is 1.01. The van der Waals surface area contributed by atoms with Crippen molar-refractivity contribution in [1.82, 2.24) is 30.2 Å². The summed E-state index contributed by atoms with van der Waals surface area (Å²) < 4.78 is 0. The molecular weight excluding hydrogens is 422 g/mol. The molecule has 0 spiro atoms. The van der Waals surface area contributed by atoms with Crippen LogP contribution in [0.25, 0.3) is 44.8 Å². The number of nitrogens with zero attached hydrogens (tertiary/aromatic N) is 5. The first kappa shape index (κ1) is 20.5. The molecule has 6 rings (SSSR count). The van der Waals surface area contributed by atoms with Crippen LogP contribution in [-0.2, 0) is 0 Å². The van der Waals surface area contributed by atoms with Gasteiger partial charge in [-0.1, -0.05) is 18.2 Å². The topological polar surface area (TPSA) is 82.6 Å². The van der Waals surface area contributed by atoms with Gasteiger partial charge in [-0.2, -0.15) is 0 Å². The maximum atomic E-state index is 4.94. The third kappa shape index (κ3) is 3.91. The van der Waals surface area contributed by atoms with E-state index in [9.17, 15) is 0 Å². The fourth-order valence-electron chi connectivity index (χ4n) is 4.46. The van der Waals surface area contributed by atoms with Gasteiger partial charge in [0.15, 0.2) is 0 Å². The van der Waals surface area contributed by atoms with Crippen LogP contribution in [0.15, 0.2) is 73.2 Å². The Bertz CT molecular complexity index is 1470. The van der Waals surface area contributed by atoms with Gasteiger partial charge in [-0.3, -0.25) is 9.97 Å². The maximum absolute atomic E-state index is 4.94. The number of aryl methyl sites for hydroxylation is 1. The molecule has 168 valence electrons. The molecule has 4 aromatic heterocycles. The van der Waals surface area contributed by atoms with E-state index < -0.39 is 0 Å². The molecule has 0 atom stereocenters. The van der Waals surface area contributed by atoms with Crippen molar-refractivity contribution in [3.63, 3.8) is 0 Å². The molecule has 5 aromatic rings. The van der Waals surface area contributed by atoms with Crippen molar-refractivity contribution in [2.75, 3.05) is 31.1 Å². The van der Waals surface area contributed by atoms with Crippen LogP contribution in [0.4, 0.5) is 5.82 Å². The Labute approximate surface area is 198 Å². The van der Waals surface area contributed by atoms with Crippen LogP contribution in [-0.4, -0.2) is 51.1 Å². The maximum Gasteiger partial charge on any atom is 0.129 e. The number of rotatable bonds is 4. The van der Waals surface area contributed by atoms with Crippen molar-refractivity contribution in [3.05, 3.63) is 78.9 Å². The average molecular weight is 448 g/mol. The molecule has 0 amide bonds. The van der Waals surface area contributed by atoms with E-state index >= 15 is 0 Å². The largest absolute Gasteiger partial charge is 0.354 e. The Kier molecular flexibility index (Phi) is 5.24. The minimum atomic E-state index is 0.879. The predicted octanol–water partition coefficient (Wildman–Crippen LogP) is 4.47. The Morgan fingerprint density at radius 2 is 1.65 bits per heavy atom. The summed E-state index contributed by atoms with van der Waals surface area (Å²) in [6.07, 6.45) is 3.63. The zero-order valence-electron chi connectivity index (χ0n) is 19.0. The summed E-state index contributed by atoms with van der Waals surface area (Å²) in [5.41, 5.74) is 7.55. The third-order valence-corrected chi connectivity index (χ3v) is 6.21. The highest BCUT2D eigenvalue weighted by atomic mass is 15.2. The Morgan fingerprint density at radius 1 is 0.824 bits per heavy atom. The lowest BCUT2D eigenvalue weighted by atomic mass is 10.0. The number of piperazine rings is 1. The van der Waals surface area contributed by atoms with E-state index in [0.717, 1.165) is 82.5 Å². The van der Waals surface area contributed by atoms with Crippen molar-refractivity contribution < 1.29 is 0 Å². The number of nitrogens with one attached hydrogen (secondary N) is 2. The molecule has 2 N–H and O–H groups in total. The van der Waals surface area contributed by atoms with Gasteiger partial charge in [0, 0.05) is 54.6 Å². The zero-order chi connectivity index (χ0) is 22.9. The molecule has 0 unspecified atom stereocenters. The molecule has 7 nitrogen and oxygen atoms in total. The number of H-pyrrole nitrogens is 1. The van der Waals surface area contributed by atoms with Gasteiger partial charge in [-0.25, -0.2) is 9.97 Å². The fraction of sp³-hybridized carbons (Fsp3) is 0.185. The highest BCUT2D eigenvalue weighted by molar-refractivity contribution is 5.89. The zero-order valence-corrected chi connectivity index (χ0v) is 19.0. The summed E-state index contributed by atoms with van der Waals surface area (Å²) in [5, 5.41) is 4.45. The van der Waals surface area contributed by atoms with Gasteiger partial charge in [0.25, 0.3) is 0 Å². The number of aromatic amines is 1. The standard InChI is InChI=1S/C27H25N7/c1-18-4-2-6-24(32-18)27-26(30-17-31-27)19-8-9-22-20(14-19)15-21(16-29-22)23-5-3-7-25(33-23)34-12-10-28-11-13-34/h2-9,14-17,28H,10-13H2,1H3,(H,30,31). The number of hydrogen-bond donors (Lipinski definition) is 2. The molecule has 1 aliphatic heterocycles. The highest BCUT2D eigenvalue weighted by Gasteiger charge is 2.14. The van der Waals surface area contributed by atoms with E-state index in [2.05, 4.69) is 55.5 Å². The molecule has 0 radical (unpaired) electrons. The van der Waals surface area contributed by atoms with Crippen LogP contribution >= 0.6 is 0 Å².